The summed E-state index contributed by atoms with van der Waals surface area (Å²) in [5.41, 5.74) is 1.94. The van der Waals surface area contributed by atoms with Crippen LogP contribution in [0.25, 0.3) is 0 Å². The molecule has 0 saturated carbocycles. The maximum Gasteiger partial charge on any atom is 0.220 e. The Hall–Kier alpha value is -2.27. The predicted molar refractivity (Wildman–Crippen MR) is 109 cm³/mol. The van der Waals surface area contributed by atoms with Gasteiger partial charge in [-0.1, -0.05) is 32.0 Å². The molecule has 1 unspecified atom stereocenters. The minimum absolute atomic E-state index is 0.0521. The number of benzene rings is 1. The number of likely N-dealkylation sites (tertiary alicyclic amines) is 1. The lowest BCUT2D eigenvalue weighted by molar-refractivity contribution is -0.123. The van der Waals surface area contributed by atoms with Gasteiger partial charge < -0.3 is 5.32 Å². The number of aromatic nitrogens is 1. The van der Waals surface area contributed by atoms with Gasteiger partial charge in [0.15, 0.2) is 0 Å². The van der Waals surface area contributed by atoms with Crippen molar-refractivity contribution in [2.45, 2.75) is 45.7 Å². The molecule has 1 N–H and O–H groups in total. The molecule has 1 aromatic heterocycles. The van der Waals surface area contributed by atoms with Crippen LogP contribution in [-0.4, -0.2) is 28.9 Å². The van der Waals surface area contributed by atoms with Gasteiger partial charge in [0.25, 0.3) is 0 Å². The molecule has 2 aromatic rings. The quantitative estimate of drug-likeness (QED) is 0.774. The molecule has 1 aliphatic rings. The molecule has 0 radical (unpaired) electrons. The molecule has 4 nitrogen and oxygen atoms in total. The van der Waals surface area contributed by atoms with E-state index in [-0.39, 0.29) is 17.8 Å². The fourth-order valence-electron chi connectivity index (χ4n) is 3.93. The first-order valence-corrected chi connectivity index (χ1v) is 10.2. The summed E-state index contributed by atoms with van der Waals surface area (Å²) < 4.78 is 13.4. The molecule has 150 valence electrons. The van der Waals surface area contributed by atoms with Crippen LogP contribution in [0.15, 0.2) is 48.7 Å². The first-order chi connectivity index (χ1) is 13.5. The molecule has 0 aliphatic carbocycles. The lowest BCUT2D eigenvalue weighted by Gasteiger charge is -2.36. The molecule has 1 atom stereocenters. The van der Waals surface area contributed by atoms with Gasteiger partial charge in [-0.2, -0.15) is 0 Å². The highest BCUT2D eigenvalue weighted by Gasteiger charge is 2.29. The van der Waals surface area contributed by atoms with Gasteiger partial charge in [0.2, 0.25) is 5.91 Å². The number of nitrogens with zero attached hydrogens (tertiary/aromatic N) is 2. The molecule has 28 heavy (non-hydrogen) atoms. The van der Waals surface area contributed by atoms with Crippen LogP contribution in [0, 0.1) is 17.7 Å². The molecule has 0 spiro atoms. The molecule has 1 aromatic carbocycles. The van der Waals surface area contributed by atoms with Crippen molar-refractivity contribution in [3.8, 4) is 0 Å². The first-order valence-electron chi connectivity index (χ1n) is 10.2. The van der Waals surface area contributed by atoms with Crippen molar-refractivity contribution in [2.75, 3.05) is 13.1 Å². The number of amides is 1. The van der Waals surface area contributed by atoms with Crippen molar-refractivity contribution >= 4 is 5.91 Å². The molecule has 1 saturated heterocycles. The molecule has 3 rings (SSSR count). The van der Waals surface area contributed by atoms with Crippen LogP contribution < -0.4 is 5.32 Å². The summed E-state index contributed by atoms with van der Waals surface area (Å²) in [6.45, 7) is 6.74. The van der Waals surface area contributed by atoms with Crippen LogP contribution in [-0.2, 0) is 11.3 Å². The van der Waals surface area contributed by atoms with Gasteiger partial charge in [-0.25, -0.2) is 4.39 Å². The van der Waals surface area contributed by atoms with Crippen LogP contribution in [0.4, 0.5) is 4.39 Å². The zero-order valence-corrected chi connectivity index (χ0v) is 16.8. The Morgan fingerprint density at radius 3 is 2.64 bits per heavy atom. The fraction of sp³-hybridized carbons (Fsp3) is 0.478. The number of halogens is 1. The van der Waals surface area contributed by atoms with Gasteiger partial charge in [-0.15, -0.1) is 0 Å². The van der Waals surface area contributed by atoms with Crippen molar-refractivity contribution in [1.29, 1.82) is 0 Å². The van der Waals surface area contributed by atoms with Crippen molar-refractivity contribution in [3.63, 3.8) is 0 Å². The second-order valence-corrected chi connectivity index (χ2v) is 8.14. The molecule has 2 heterocycles. The monoisotopic (exact) mass is 383 g/mol. The summed E-state index contributed by atoms with van der Waals surface area (Å²) in [7, 11) is 0. The Kier molecular flexibility index (Phi) is 7.15. The lowest BCUT2D eigenvalue weighted by atomic mass is 9.87. The van der Waals surface area contributed by atoms with Gasteiger partial charge in [-0.3, -0.25) is 14.7 Å². The zero-order valence-electron chi connectivity index (χ0n) is 16.8. The molecular weight excluding hydrogens is 353 g/mol. The topological polar surface area (TPSA) is 45.2 Å². The number of piperidine rings is 1. The Balaban J connectivity index is 1.63. The molecule has 5 heteroatoms. The largest absolute Gasteiger partial charge is 0.347 e. The van der Waals surface area contributed by atoms with E-state index in [1.54, 1.807) is 18.3 Å². The van der Waals surface area contributed by atoms with Gasteiger partial charge >= 0.3 is 0 Å². The Labute approximate surface area is 167 Å². The summed E-state index contributed by atoms with van der Waals surface area (Å²) in [6.07, 6.45) is 4.29. The summed E-state index contributed by atoms with van der Waals surface area (Å²) in [5, 5.41) is 3.24. The highest BCUT2D eigenvalue weighted by molar-refractivity contribution is 5.76. The second-order valence-electron chi connectivity index (χ2n) is 8.14. The maximum absolute atomic E-state index is 13.4. The SMILES string of the molecule is CC(C)CC(=O)NC(c1ccccn1)C1CCN(Cc2cccc(F)c2)CC1. The van der Waals surface area contributed by atoms with E-state index in [0.29, 0.717) is 18.3 Å². The van der Waals surface area contributed by atoms with E-state index in [1.165, 1.54) is 6.07 Å². The zero-order chi connectivity index (χ0) is 19.9. The number of pyridine rings is 1. The first kappa shape index (κ1) is 20.5. The Morgan fingerprint density at radius 2 is 2.00 bits per heavy atom. The normalized spacial score (nSPS) is 16.9. The van der Waals surface area contributed by atoms with Crippen molar-refractivity contribution in [2.24, 2.45) is 11.8 Å². The molecule has 0 bridgehead atoms. The summed E-state index contributed by atoms with van der Waals surface area (Å²) >= 11 is 0. The minimum atomic E-state index is -0.185. The van der Waals surface area contributed by atoms with Crippen LogP contribution >= 0.6 is 0 Å². The van der Waals surface area contributed by atoms with Crippen LogP contribution in [0.2, 0.25) is 0 Å². The third-order valence-electron chi connectivity index (χ3n) is 5.32. The minimum Gasteiger partial charge on any atom is -0.347 e. The van der Waals surface area contributed by atoms with Gasteiger partial charge in [0.1, 0.15) is 5.82 Å². The molecular formula is C23H30FN3O. The highest BCUT2D eigenvalue weighted by atomic mass is 19.1. The average Bonchev–Trinajstić information content (AvgIpc) is 2.67. The van der Waals surface area contributed by atoms with E-state index in [1.807, 2.05) is 24.3 Å². The summed E-state index contributed by atoms with van der Waals surface area (Å²) in [5.74, 6) is 0.593. The third kappa shape index (κ3) is 5.86. The van der Waals surface area contributed by atoms with Crippen LogP contribution in [0.5, 0.6) is 0 Å². The predicted octanol–water partition coefficient (Wildman–Crippen LogP) is 4.34. The fourth-order valence-corrected chi connectivity index (χ4v) is 3.93. The molecule has 1 aliphatic heterocycles. The summed E-state index contributed by atoms with van der Waals surface area (Å²) in [4.78, 5) is 19.3. The van der Waals surface area contributed by atoms with E-state index in [2.05, 4.69) is 29.0 Å². The number of carbonyl (C=O) groups is 1. The number of carbonyl (C=O) groups excluding carboxylic acids is 1. The van der Waals surface area contributed by atoms with Crippen molar-refractivity contribution in [3.05, 3.63) is 65.7 Å². The average molecular weight is 384 g/mol. The van der Waals surface area contributed by atoms with Crippen LogP contribution in [0.3, 0.4) is 0 Å². The van der Waals surface area contributed by atoms with Gasteiger partial charge in [-0.05, 0) is 67.6 Å². The number of rotatable bonds is 7. The Morgan fingerprint density at radius 1 is 1.21 bits per heavy atom. The van der Waals surface area contributed by atoms with E-state index in [9.17, 15) is 9.18 Å². The van der Waals surface area contributed by atoms with Crippen LogP contribution in [0.1, 0.15) is 50.4 Å². The number of hydrogen-bond donors (Lipinski definition) is 1. The second kappa shape index (κ2) is 9.78. The standard InChI is InChI=1S/C23H30FN3O/c1-17(2)14-22(28)26-23(21-8-3-4-11-25-21)19-9-12-27(13-10-19)16-18-6-5-7-20(24)15-18/h3-8,11,15,17,19,23H,9-10,12-14,16H2,1-2H3,(H,26,28). The molecule has 1 amide bonds. The summed E-state index contributed by atoms with van der Waals surface area (Å²) in [6, 6.07) is 12.6. The molecule has 1 fully saturated rings. The lowest BCUT2D eigenvalue weighted by Crippen LogP contribution is -2.41. The van der Waals surface area contributed by atoms with E-state index in [4.69, 9.17) is 0 Å². The van der Waals surface area contributed by atoms with Crippen molar-refractivity contribution < 1.29 is 9.18 Å². The number of nitrogens with one attached hydrogen (secondary N) is 1. The van der Waals surface area contributed by atoms with E-state index < -0.39 is 0 Å². The smallest absolute Gasteiger partial charge is 0.220 e. The maximum atomic E-state index is 13.4. The van der Waals surface area contributed by atoms with Gasteiger partial charge in [0.05, 0.1) is 11.7 Å². The van der Waals surface area contributed by atoms with E-state index in [0.717, 1.165) is 43.7 Å². The number of hydrogen-bond acceptors (Lipinski definition) is 3. The third-order valence-corrected chi connectivity index (χ3v) is 5.32. The van der Waals surface area contributed by atoms with Crippen molar-refractivity contribution in [1.82, 2.24) is 15.2 Å². The highest BCUT2D eigenvalue weighted by Crippen LogP contribution is 2.30. The van der Waals surface area contributed by atoms with E-state index >= 15 is 0 Å². The Bertz CT molecular complexity index is 757. The van der Waals surface area contributed by atoms with Gasteiger partial charge in [0, 0.05) is 19.2 Å².